The van der Waals surface area contributed by atoms with Crippen LogP contribution in [0.4, 0.5) is 5.95 Å². The molecular weight excluding hydrogens is 314 g/mol. The largest absolute Gasteiger partial charge is 0.464 e. The van der Waals surface area contributed by atoms with Crippen LogP contribution in [0.1, 0.15) is 33.9 Å². The van der Waals surface area contributed by atoms with Crippen molar-refractivity contribution in [3.63, 3.8) is 0 Å². The van der Waals surface area contributed by atoms with Crippen molar-refractivity contribution >= 4 is 17.8 Å². The molecule has 0 spiro atoms. The second kappa shape index (κ2) is 7.07. The maximum Gasteiger partial charge on any atom is 0.360 e. The fraction of sp³-hybridized carbons (Fsp3) is 0.400. The SMILES string of the molecule is COC(=O)c1cc(C(=O)NC2CCN(c3ncccn3)CC2)on1. The zero-order chi connectivity index (χ0) is 16.9. The van der Waals surface area contributed by atoms with Gasteiger partial charge in [0.1, 0.15) is 0 Å². The van der Waals surface area contributed by atoms with Crippen LogP contribution in [-0.2, 0) is 4.74 Å². The molecule has 9 nitrogen and oxygen atoms in total. The second-order valence-corrected chi connectivity index (χ2v) is 5.35. The van der Waals surface area contributed by atoms with E-state index in [-0.39, 0.29) is 17.5 Å². The summed E-state index contributed by atoms with van der Waals surface area (Å²) in [5.74, 6) is -0.356. The summed E-state index contributed by atoms with van der Waals surface area (Å²) in [7, 11) is 1.24. The predicted molar refractivity (Wildman–Crippen MR) is 82.6 cm³/mol. The smallest absolute Gasteiger partial charge is 0.360 e. The lowest BCUT2D eigenvalue weighted by molar-refractivity contribution is 0.0588. The van der Waals surface area contributed by atoms with Gasteiger partial charge in [-0.2, -0.15) is 0 Å². The molecule has 1 N–H and O–H groups in total. The number of piperidine rings is 1. The van der Waals surface area contributed by atoms with E-state index >= 15 is 0 Å². The molecule has 1 aliphatic heterocycles. The van der Waals surface area contributed by atoms with Crippen molar-refractivity contribution < 1.29 is 18.8 Å². The molecule has 9 heteroatoms. The Labute approximate surface area is 138 Å². The van der Waals surface area contributed by atoms with Crippen molar-refractivity contribution in [1.29, 1.82) is 0 Å². The molecule has 3 heterocycles. The number of amides is 1. The van der Waals surface area contributed by atoms with Gasteiger partial charge in [0.15, 0.2) is 5.69 Å². The van der Waals surface area contributed by atoms with Crippen molar-refractivity contribution in [2.45, 2.75) is 18.9 Å². The third-order valence-corrected chi connectivity index (χ3v) is 3.79. The Morgan fingerprint density at radius 3 is 2.67 bits per heavy atom. The molecule has 1 fully saturated rings. The molecule has 0 atom stereocenters. The lowest BCUT2D eigenvalue weighted by Gasteiger charge is -2.32. The molecule has 24 heavy (non-hydrogen) atoms. The van der Waals surface area contributed by atoms with Gasteiger partial charge in [0.25, 0.3) is 5.91 Å². The predicted octanol–water partition coefficient (Wildman–Crippen LogP) is 0.650. The minimum Gasteiger partial charge on any atom is -0.464 e. The average Bonchev–Trinajstić information content (AvgIpc) is 3.13. The molecule has 0 unspecified atom stereocenters. The van der Waals surface area contributed by atoms with Gasteiger partial charge < -0.3 is 19.5 Å². The molecule has 0 bridgehead atoms. The Kier molecular flexibility index (Phi) is 4.69. The number of carbonyl (C=O) groups is 2. The Bertz CT molecular complexity index is 710. The zero-order valence-electron chi connectivity index (χ0n) is 13.1. The molecular formula is C15H17N5O4. The van der Waals surface area contributed by atoms with Crippen molar-refractivity contribution in [3.8, 4) is 0 Å². The van der Waals surface area contributed by atoms with E-state index in [4.69, 9.17) is 4.52 Å². The van der Waals surface area contributed by atoms with Crippen LogP contribution in [0.5, 0.6) is 0 Å². The van der Waals surface area contributed by atoms with Crippen LogP contribution in [0.15, 0.2) is 29.0 Å². The van der Waals surface area contributed by atoms with Gasteiger partial charge >= 0.3 is 5.97 Å². The van der Waals surface area contributed by atoms with Crippen LogP contribution in [0.25, 0.3) is 0 Å². The van der Waals surface area contributed by atoms with Gasteiger partial charge in [0.05, 0.1) is 7.11 Å². The zero-order valence-corrected chi connectivity index (χ0v) is 13.1. The number of esters is 1. The number of carbonyl (C=O) groups excluding carboxylic acids is 2. The van der Waals surface area contributed by atoms with Gasteiger partial charge in [-0.25, -0.2) is 14.8 Å². The quantitative estimate of drug-likeness (QED) is 0.813. The summed E-state index contributed by atoms with van der Waals surface area (Å²) in [5, 5.41) is 6.40. The number of nitrogens with one attached hydrogen (secondary N) is 1. The Morgan fingerprint density at radius 2 is 2.00 bits per heavy atom. The molecule has 2 aromatic rings. The molecule has 1 amide bonds. The minimum atomic E-state index is -0.644. The van der Waals surface area contributed by atoms with Crippen LogP contribution in [0.2, 0.25) is 0 Å². The summed E-state index contributed by atoms with van der Waals surface area (Å²) in [6.07, 6.45) is 4.95. The number of nitrogens with zero attached hydrogens (tertiary/aromatic N) is 4. The summed E-state index contributed by atoms with van der Waals surface area (Å²) < 4.78 is 9.41. The van der Waals surface area contributed by atoms with E-state index in [1.807, 2.05) is 0 Å². The van der Waals surface area contributed by atoms with E-state index in [9.17, 15) is 9.59 Å². The van der Waals surface area contributed by atoms with E-state index in [0.717, 1.165) is 25.9 Å². The molecule has 1 aliphatic rings. The van der Waals surface area contributed by atoms with Crippen molar-refractivity contribution in [2.24, 2.45) is 0 Å². The van der Waals surface area contributed by atoms with Gasteiger partial charge in [-0.1, -0.05) is 5.16 Å². The first kappa shape index (κ1) is 15.9. The molecule has 0 saturated carbocycles. The summed E-state index contributed by atoms with van der Waals surface area (Å²) in [6, 6.07) is 3.06. The number of hydrogen-bond acceptors (Lipinski definition) is 8. The van der Waals surface area contributed by atoms with Crippen LogP contribution in [0, 0.1) is 0 Å². The number of ether oxygens (including phenoxy) is 1. The van der Waals surface area contributed by atoms with E-state index in [1.165, 1.54) is 13.2 Å². The first-order chi connectivity index (χ1) is 11.7. The Morgan fingerprint density at radius 1 is 1.29 bits per heavy atom. The summed E-state index contributed by atoms with van der Waals surface area (Å²) in [4.78, 5) is 34.0. The number of hydrogen-bond donors (Lipinski definition) is 1. The fourth-order valence-electron chi connectivity index (χ4n) is 2.52. The first-order valence-electron chi connectivity index (χ1n) is 7.55. The molecule has 3 rings (SSSR count). The monoisotopic (exact) mass is 331 g/mol. The van der Waals surface area contributed by atoms with Gasteiger partial charge in [-0.3, -0.25) is 4.79 Å². The number of anilines is 1. The van der Waals surface area contributed by atoms with E-state index < -0.39 is 11.9 Å². The third kappa shape index (κ3) is 3.50. The summed E-state index contributed by atoms with van der Waals surface area (Å²) in [5.41, 5.74) is -0.0290. The fourth-order valence-corrected chi connectivity index (χ4v) is 2.52. The highest BCUT2D eigenvalue weighted by atomic mass is 16.5. The lowest BCUT2D eigenvalue weighted by atomic mass is 10.1. The van der Waals surface area contributed by atoms with Gasteiger partial charge in [0, 0.05) is 37.6 Å². The second-order valence-electron chi connectivity index (χ2n) is 5.35. The van der Waals surface area contributed by atoms with Gasteiger partial charge in [0.2, 0.25) is 11.7 Å². The highest BCUT2D eigenvalue weighted by Crippen LogP contribution is 2.16. The summed E-state index contributed by atoms with van der Waals surface area (Å²) in [6.45, 7) is 1.50. The van der Waals surface area contributed by atoms with Crippen LogP contribution >= 0.6 is 0 Å². The van der Waals surface area contributed by atoms with Crippen molar-refractivity contribution in [2.75, 3.05) is 25.1 Å². The topological polar surface area (TPSA) is 110 Å². The number of methoxy groups -OCH3 is 1. The van der Waals surface area contributed by atoms with Crippen LogP contribution in [0.3, 0.4) is 0 Å². The van der Waals surface area contributed by atoms with Gasteiger partial charge in [-0.15, -0.1) is 0 Å². The highest BCUT2D eigenvalue weighted by molar-refractivity contribution is 5.95. The molecule has 1 saturated heterocycles. The molecule has 0 aromatic carbocycles. The molecule has 0 aliphatic carbocycles. The maximum absolute atomic E-state index is 12.2. The van der Waals surface area contributed by atoms with Crippen LogP contribution < -0.4 is 10.2 Å². The normalized spacial score (nSPS) is 15.1. The van der Waals surface area contributed by atoms with Crippen molar-refractivity contribution in [3.05, 3.63) is 36.0 Å². The van der Waals surface area contributed by atoms with Crippen molar-refractivity contribution in [1.82, 2.24) is 20.4 Å². The number of rotatable bonds is 4. The number of aromatic nitrogens is 3. The van der Waals surface area contributed by atoms with E-state index in [1.54, 1.807) is 18.5 Å². The highest BCUT2D eigenvalue weighted by Gasteiger charge is 2.24. The molecule has 126 valence electrons. The molecule has 0 radical (unpaired) electrons. The van der Waals surface area contributed by atoms with E-state index in [0.29, 0.717) is 5.95 Å². The Balaban J connectivity index is 1.53. The minimum absolute atomic E-state index is 0.00998. The van der Waals surface area contributed by atoms with Gasteiger partial charge in [-0.05, 0) is 18.9 Å². The molecule has 2 aromatic heterocycles. The Hall–Kier alpha value is -2.97. The average molecular weight is 331 g/mol. The lowest BCUT2D eigenvalue weighted by Crippen LogP contribution is -2.45. The van der Waals surface area contributed by atoms with Crippen LogP contribution in [-0.4, -0.2) is 53.2 Å². The third-order valence-electron chi connectivity index (χ3n) is 3.79. The standard InChI is InChI=1S/C15H17N5O4/c1-23-14(22)11-9-12(24-19-11)13(21)18-10-3-7-20(8-4-10)15-16-5-2-6-17-15/h2,5-6,9-10H,3-4,7-8H2,1H3,(H,18,21). The van der Waals surface area contributed by atoms with E-state index in [2.05, 4.69) is 30.1 Å². The summed E-state index contributed by atoms with van der Waals surface area (Å²) >= 11 is 0. The first-order valence-corrected chi connectivity index (χ1v) is 7.55. The maximum atomic E-state index is 12.2.